The van der Waals surface area contributed by atoms with Crippen molar-refractivity contribution in [2.45, 2.75) is 10.6 Å². The monoisotopic (exact) mass is 410 g/mol. The van der Waals surface area contributed by atoms with Gasteiger partial charge in [-0.05, 0) is 66.2 Å². The zero-order valence-electron chi connectivity index (χ0n) is 15.2. The number of halogens is 1. The summed E-state index contributed by atoms with van der Waals surface area (Å²) >= 11 is 7.59. The minimum absolute atomic E-state index is 0.163. The lowest BCUT2D eigenvalue weighted by Gasteiger charge is -2.08. The van der Waals surface area contributed by atoms with Gasteiger partial charge in [-0.1, -0.05) is 23.7 Å². The van der Waals surface area contributed by atoms with Crippen LogP contribution in [-0.4, -0.2) is 18.9 Å². The third-order valence-corrected chi connectivity index (χ3v) is 5.38. The molecule has 0 spiro atoms. The molecule has 2 amide bonds. The molecule has 0 saturated carbocycles. The number of carbonyl (C=O) groups excluding carboxylic acids is 2. The molecule has 0 bridgehead atoms. The second-order valence-corrected chi connectivity index (χ2v) is 7.54. The van der Waals surface area contributed by atoms with Crippen LogP contribution < -0.4 is 10.6 Å². The zero-order valence-corrected chi connectivity index (χ0v) is 16.8. The molecule has 0 saturated heterocycles. The summed E-state index contributed by atoms with van der Waals surface area (Å²) in [6, 6.07) is 22.0. The van der Waals surface area contributed by atoms with E-state index in [1.807, 2.05) is 42.5 Å². The molecule has 0 fully saturated rings. The van der Waals surface area contributed by atoms with Gasteiger partial charge in [0.05, 0.1) is 0 Å². The Balaban J connectivity index is 1.63. The van der Waals surface area contributed by atoms with Gasteiger partial charge in [0, 0.05) is 39.5 Å². The van der Waals surface area contributed by atoms with Gasteiger partial charge < -0.3 is 10.6 Å². The fourth-order valence-electron chi connectivity index (χ4n) is 2.55. The predicted molar refractivity (Wildman–Crippen MR) is 115 cm³/mol. The van der Waals surface area contributed by atoms with Crippen LogP contribution in [0, 0.1) is 0 Å². The molecule has 28 heavy (non-hydrogen) atoms. The molecule has 0 radical (unpaired) electrons. The second-order valence-electron chi connectivity index (χ2n) is 6.05. The Bertz CT molecular complexity index is 973. The second kappa shape index (κ2) is 9.44. The summed E-state index contributed by atoms with van der Waals surface area (Å²) in [5.41, 5.74) is 2.83. The highest BCUT2D eigenvalue weighted by Crippen LogP contribution is 2.24. The number of nitrogens with one attached hydrogen (secondary N) is 2. The van der Waals surface area contributed by atoms with Crippen LogP contribution in [0.1, 0.15) is 26.3 Å². The van der Waals surface area contributed by atoms with Crippen molar-refractivity contribution in [3.05, 3.63) is 94.5 Å². The minimum atomic E-state index is -0.189. The van der Waals surface area contributed by atoms with E-state index >= 15 is 0 Å². The van der Waals surface area contributed by atoms with E-state index in [1.165, 1.54) is 0 Å². The molecular formula is C22H19ClN2O2S. The lowest BCUT2D eigenvalue weighted by atomic mass is 10.1. The quantitative estimate of drug-likeness (QED) is 0.546. The standard InChI is InChI=1S/C22H19ClN2O2S/c1-24-21(26)16-5-9-19(10-6-16)25-22(27)17-4-2-3-15(13-17)14-28-20-11-7-18(23)8-12-20/h2-13H,14H2,1H3,(H,24,26)(H,25,27). The summed E-state index contributed by atoms with van der Waals surface area (Å²) in [7, 11) is 1.58. The van der Waals surface area contributed by atoms with Gasteiger partial charge in [-0.15, -0.1) is 11.8 Å². The first-order valence-corrected chi connectivity index (χ1v) is 10.0. The molecule has 3 aromatic carbocycles. The number of thioether (sulfide) groups is 1. The average molecular weight is 411 g/mol. The molecule has 0 aliphatic heterocycles. The molecule has 2 N–H and O–H groups in total. The summed E-state index contributed by atoms with van der Waals surface area (Å²) < 4.78 is 0. The normalized spacial score (nSPS) is 10.4. The number of hydrogen-bond acceptors (Lipinski definition) is 3. The summed E-state index contributed by atoms with van der Waals surface area (Å²) in [4.78, 5) is 25.2. The van der Waals surface area contributed by atoms with Crippen molar-refractivity contribution in [2.75, 3.05) is 12.4 Å². The topological polar surface area (TPSA) is 58.2 Å². The fraction of sp³-hybridized carbons (Fsp3) is 0.0909. The van der Waals surface area contributed by atoms with Crippen LogP contribution >= 0.6 is 23.4 Å². The molecule has 0 atom stereocenters. The molecule has 6 heteroatoms. The third kappa shape index (κ3) is 5.38. The van der Waals surface area contributed by atoms with Crippen molar-refractivity contribution in [3.63, 3.8) is 0 Å². The number of rotatable bonds is 6. The maximum Gasteiger partial charge on any atom is 0.255 e. The van der Waals surface area contributed by atoms with Gasteiger partial charge in [0.25, 0.3) is 11.8 Å². The SMILES string of the molecule is CNC(=O)c1ccc(NC(=O)c2cccc(CSc3ccc(Cl)cc3)c2)cc1. The van der Waals surface area contributed by atoms with E-state index in [-0.39, 0.29) is 11.8 Å². The van der Waals surface area contributed by atoms with E-state index in [1.54, 1.807) is 49.1 Å². The molecule has 3 aromatic rings. The molecular weight excluding hydrogens is 392 g/mol. The van der Waals surface area contributed by atoms with Gasteiger partial charge in [-0.2, -0.15) is 0 Å². The largest absolute Gasteiger partial charge is 0.355 e. The maximum atomic E-state index is 12.5. The van der Waals surface area contributed by atoms with Crippen LogP contribution in [0.5, 0.6) is 0 Å². The van der Waals surface area contributed by atoms with Crippen molar-refractivity contribution in [1.82, 2.24) is 5.32 Å². The summed E-state index contributed by atoms with van der Waals surface area (Å²) in [5.74, 6) is 0.402. The van der Waals surface area contributed by atoms with Gasteiger partial charge in [0.2, 0.25) is 0 Å². The van der Waals surface area contributed by atoms with E-state index in [2.05, 4.69) is 10.6 Å². The number of benzene rings is 3. The van der Waals surface area contributed by atoms with E-state index < -0.39 is 0 Å². The van der Waals surface area contributed by atoms with Gasteiger partial charge in [-0.25, -0.2) is 0 Å². The predicted octanol–water partition coefficient (Wildman–Crippen LogP) is 5.24. The van der Waals surface area contributed by atoms with E-state index in [9.17, 15) is 9.59 Å². The van der Waals surface area contributed by atoms with Gasteiger partial charge in [0.1, 0.15) is 0 Å². The maximum absolute atomic E-state index is 12.5. The number of hydrogen-bond donors (Lipinski definition) is 2. The van der Waals surface area contributed by atoms with Crippen molar-refractivity contribution >= 4 is 40.9 Å². The van der Waals surface area contributed by atoms with Crippen molar-refractivity contribution in [1.29, 1.82) is 0 Å². The van der Waals surface area contributed by atoms with Crippen LogP contribution in [-0.2, 0) is 5.75 Å². The summed E-state index contributed by atoms with van der Waals surface area (Å²) in [6.45, 7) is 0. The third-order valence-electron chi connectivity index (χ3n) is 4.04. The van der Waals surface area contributed by atoms with Crippen LogP contribution in [0.3, 0.4) is 0 Å². The summed E-state index contributed by atoms with van der Waals surface area (Å²) in [5, 5.41) is 6.14. The van der Waals surface area contributed by atoms with E-state index in [4.69, 9.17) is 11.6 Å². The van der Waals surface area contributed by atoms with E-state index in [0.29, 0.717) is 21.8 Å². The Kier molecular flexibility index (Phi) is 6.74. The van der Waals surface area contributed by atoms with Crippen LogP contribution in [0.4, 0.5) is 5.69 Å². The fourth-order valence-corrected chi connectivity index (χ4v) is 3.52. The van der Waals surface area contributed by atoms with Crippen LogP contribution in [0.25, 0.3) is 0 Å². The Labute approximate surface area is 173 Å². The molecule has 0 aliphatic rings. The Morgan fingerprint density at radius 1 is 0.893 bits per heavy atom. The highest BCUT2D eigenvalue weighted by atomic mass is 35.5. The molecule has 0 unspecified atom stereocenters. The van der Waals surface area contributed by atoms with Gasteiger partial charge in [0.15, 0.2) is 0 Å². The Morgan fingerprint density at radius 2 is 1.61 bits per heavy atom. The first-order chi connectivity index (χ1) is 13.5. The van der Waals surface area contributed by atoms with Gasteiger partial charge in [-0.3, -0.25) is 9.59 Å². The minimum Gasteiger partial charge on any atom is -0.355 e. The number of amides is 2. The number of anilines is 1. The van der Waals surface area contributed by atoms with Crippen molar-refractivity contribution in [2.24, 2.45) is 0 Å². The summed E-state index contributed by atoms with van der Waals surface area (Å²) in [6.07, 6.45) is 0. The molecule has 0 aliphatic carbocycles. The van der Waals surface area contributed by atoms with Crippen molar-refractivity contribution < 1.29 is 9.59 Å². The first kappa shape index (κ1) is 20.0. The van der Waals surface area contributed by atoms with Gasteiger partial charge >= 0.3 is 0 Å². The van der Waals surface area contributed by atoms with E-state index in [0.717, 1.165) is 16.2 Å². The van der Waals surface area contributed by atoms with Crippen LogP contribution in [0.2, 0.25) is 5.02 Å². The Hall–Kier alpha value is -2.76. The smallest absolute Gasteiger partial charge is 0.255 e. The molecule has 0 heterocycles. The lowest BCUT2D eigenvalue weighted by Crippen LogP contribution is -2.17. The highest BCUT2D eigenvalue weighted by molar-refractivity contribution is 7.98. The average Bonchev–Trinajstić information content (AvgIpc) is 2.73. The molecule has 3 rings (SSSR count). The van der Waals surface area contributed by atoms with Crippen LogP contribution in [0.15, 0.2) is 77.7 Å². The molecule has 142 valence electrons. The molecule has 0 aromatic heterocycles. The first-order valence-electron chi connectivity index (χ1n) is 8.66. The zero-order chi connectivity index (χ0) is 19.9. The Morgan fingerprint density at radius 3 is 2.29 bits per heavy atom. The molecule has 4 nitrogen and oxygen atoms in total. The number of carbonyl (C=O) groups is 2. The highest BCUT2D eigenvalue weighted by Gasteiger charge is 2.08. The lowest BCUT2D eigenvalue weighted by molar-refractivity contribution is 0.0962. The van der Waals surface area contributed by atoms with Crippen molar-refractivity contribution in [3.8, 4) is 0 Å².